The summed E-state index contributed by atoms with van der Waals surface area (Å²) < 4.78 is 0. The van der Waals surface area contributed by atoms with E-state index >= 15 is 0 Å². The maximum Gasteiger partial charge on any atom is 0.134 e. The Hall–Kier alpha value is -0.370. The third-order valence-electron chi connectivity index (χ3n) is 4.99. The lowest BCUT2D eigenvalue weighted by Gasteiger charge is -2.22. The first kappa shape index (κ1) is 20.6. The summed E-state index contributed by atoms with van der Waals surface area (Å²) in [6.45, 7) is 16.7. The quantitative estimate of drug-likeness (QED) is 0.713. The monoisotopic (exact) mass is 297 g/mol. The van der Waals surface area contributed by atoms with Gasteiger partial charge >= 0.3 is 0 Å². The van der Waals surface area contributed by atoms with Crippen LogP contribution in [0.3, 0.4) is 0 Å². The lowest BCUT2D eigenvalue weighted by atomic mass is 9.80. The van der Waals surface area contributed by atoms with Crippen LogP contribution in [0.25, 0.3) is 0 Å². The fourth-order valence-corrected chi connectivity index (χ4v) is 3.80. The number of nitrogens with zero attached hydrogens (tertiary/aromatic N) is 1. The normalized spacial score (nSPS) is 31.0. The van der Waals surface area contributed by atoms with Crippen LogP contribution >= 0.6 is 0 Å². The lowest BCUT2D eigenvalue weighted by Crippen LogP contribution is -2.27. The maximum atomic E-state index is 11.2. The van der Waals surface area contributed by atoms with E-state index in [-0.39, 0.29) is 11.3 Å². The van der Waals surface area contributed by atoms with Crippen LogP contribution in [0.1, 0.15) is 74.1 Å². The zero-order valence-corrected chi connectivity index (χ0v) is 15.8. The van der Waals surface area contributed by atoms with E-state index in [9.17, 15) is 4.79 Å². The third-order valence-corrected chi connectivity index (χ3v) is 4.99. The van der Waals surface area contributed by atoms with Gasteiger partial charge in [0.1, 0.15) is 5.78 Å². The van der Waals surface area contributed by atoms with Gasteiger partial charge in [-0.2, -0.15) is 0 Å². The molecular weight excluding hydrogens is 258 g/mol. The van der Waals surface area contributed by atoms with Crippen LogP contribution in [0.15, 0.2) is 0 Å². The summed E-state index contributed by atoms with van der Waals surface area (Å²) in [6.07, 6.45) is 5.89. The Morgan fingerprint density at radius 1 is 1.24 bits per heavy atom. The van der Waals surface area contributed by atoms with Gasteiger partial charge in [-0.3, -0.25) is 4.79 Å². The van der Waals surface area contributed by atoms with Crippen LogP contribution in [-0.4, -0.2) is 30.8 Å². The average molecular weight is 298 g/mol. The van der Waals surface area contributed by atoms with Gasteiger partial charge in [-0.25, -0.2) is 0 Å². The number of Topliss-reactive ketones (excluding diaryl/α,β-unsaturated/α-hetero) is 1. The molecule has 0 amide bonds. The van der Waals surface area contributed by atoms with Crippen LogP contribution in [0.5, 0.6) is 0 Å². The largest absolute Gasteiger partial charge is 0.305 e. The fraction of sp³-hybridized carbons (Fsp3) is 0.947. The molecular formula is C19H39NO. The fourth-order valence-electron chi connectivity index (χ4n) is 3.80. The van der Waals surface area contributed by atoms with E-state index in [0.717, 1.165) is 24.9 Å². The van der Waals surface area contributed by atoms with Crippen molar-refractivity contribution in [2.24, 2.45) is 23.2 Å². The number of carbonyl (C=O) groups excluding carboxylic acids is 1. The molecule has 1 aliphatic carbocycles. The first-order valence-corrected chi connectivity index (χ1v) is 8.95. The van der Waals surface area contributed by atoms with Crippen molar-refractivity contribution in [1.82, 2.24) is 4.90 Å². The van der Waals surface area contributed by atoms with E-state index < -0.39 is 0 Å². The highest BCUT2D eigenvalue weighted by molar-refractivity contribution is 5.79. The molecule has 0 bridgehead atoms. The Morgan fingerprint density at radius 2 is 1.81 bits per heavy atom. The maximum absolute atomic E-state index is 11.2. The first-order valence-electron chi connectivity index (χ1n) is 8.95. The summed E-state index contributed by atoms with van der Waals surface area (Å²) in [4.78, 5) is 13.4. The average Bonchev–Trinajstić information content (AvgIpc) is 2.95. The highest BCUT2D eigenvalue weighted by atomic mass is 16.1. The Bertz CT molecular complexity index is 298. The molecule has 2 aliphatic rings. The standard InChI is InChI=1S/C9H17NO.C8H16.C2H6/c1-7(11)8-5-10(4)6-9(8,2)3;1-3-8-5-4-7(2)6-8;1-2/h8H,5-6H2,1-4H3;7-8H,3-6H2,1-2H3;1-2H3. The minimum atomic E-state index is 0.181. The molecule has 1 aliphatic heterocycles. The number of likely N-dealkylation sites (tertiary alicyclic amines) is 1. The molecule has 0 aromatic rings. The number of hydrogen-bond acceptors (Lipinski definition) is 2. The van der Waals surface area contributed by atoms with Crippen LogP contribution in [0.2, 0.25) is 0 Å². The van der Waals surface area contributed by atoms with Crippen molar-refractivity contribution in [3.05, 3.63) is 0 Å². The molecule has 1 saturated heterocycles. The van der Waals surface area contributed by atoms with E-state index in [2.05, 4.69) is 39.6 Å². The number of hydrogen-bond donors (Lipinski definition) is 0. The summed E-state index contributed by atoms with van der Waals surface area (Å²) >= 11 is 0. The molecule has 1 heterocycles. The molecule has 2 fully saturated rings. The van der Waals surface area contributed by atoms with E-state index in [0.29, 0.717) is 5.78 Å². The van der Waals surface area contributed by atoms with Gasteiger partial charge in [-0.05, 0) is 37.6 Å². The molecule has 21 heavy (non-hydrogen) atoms. The summed E-state index contributed by atoms with van der Waals surface area (Å²) in [5.74, 6) is 2.68. The van der Waals surface area contributed by atoms with Crippen LogP contribution in [0.4, 0.5) is 0 Å². The smallest absolute Gasteiger partial charge is 0.134 e. The van der Waals surface area contributed by atoms with Gasteiger partial charge in [0, 0.05) is 19.0 Å². The Morgan fingerprint density at radius 3 is 2.00 bits per heavy atom. The highest BCUT2D eigenvalue weighted by Crippen LogP contribution is 2.34. The van der Waals surface area contributed by atoms with Crippen LogP contribution in [0, 0.1) is 23.2 Å². The SMILES string of the molecule is CC.CC(=O)C1CN(C)CC1(C)C.CCC1CCC(C)C1. The molecule has 0 spiro atoms. The molecule has 126 valence electrons. The Balaban J connectivity index is 0.000000354. The predicted molar refractivity (Wildman–Crippen MR) is 93.6 cm³/mol. The predicted octanol–water partition coefficient (Wildman–Crippen LogP) is 5.02. The summed E-state index contributed by atoms with van der Waals surface area (Å²) in [5.41, 5.74) is 0.181. The summed E-state index contributed by atoms with van der Waals surface area (Å²) in [6, 6.07) is 0. The third kappa shape index (κ3) is 6.95. The van der Waals surface area contributed by atoms with Crippen molar-refractivity contribution in [2.75, 3.05) is 20.1 Å². The molecule has 2 rings (SSSR count). The zero-order valence-electron chi connectivity index (χ0n) is 15.8. The van der Waals surface area contributed by atoms with E-state index in [1.54, 1.807) is 6.92 Å². The van der Waals surface area contributed by atoms with E-state index in [1.165, 1.54) is 25.7 Å². The van der Waals surface area contributed by atoms with Crippen molar-refractivity contribution in [1.29, 1.82) is 0 Å². The molecule has 1 saturated carbocycles. The molecule has 2 heteroatoms. The van der Waals surface area contributed by atoms with Crippen molar-refractivity contribution in [3.8, 4) is 0 Å². The van der Waals surface area contributed by atoms with Gasteiger partial charge in [-0.1, -0.05) is 60.8 Å². The molecule has 2 nitrogen and oxygen atoms in total. The van der Waals surface area contributed by atoms with Gasteiger partial charge in [-0.15, -0.1) is 0 Å². The van der Waals surface area contributed by atoms with Gasteiger partial charge < -0.3 is 4.90 Å². The van der Waals surface area contributed by atoms with E-state index in [1.807, 2.05) is 13.8 Å². The second-order valence-corrected chi connectivity index (χ2v) is 7.54. The van der Waals surface area contributed by atoms with Crippen LogP contribution in [-0.2, 0) is 4.79 Å². The summed E-state index contributed by atoms with van der Waals surface area (Å²) in [7, 11) is 2.07. The van der Waals surface area contributed by atoms with E-state index in [4.69, 9.17) is 0 Å². The zero-order chi connectivity index (χ0) is 16.6. The minimum absolute atomic E-state index is 0.181. The van der Waals surface area contributed by atoms with Crippen LogP contribution < -0.4 is 0 Å². The molecule has 0 aromatic carbocycles. The van der Waals surface area contributed by atoms with Gasteiger partial charge in [0.25, 0.3) is 0 Å². The topological polar surface area (TPSA) is 20.3 Å². The first-order chi connectivity index (χ1) is 9.76. The molecule has 3 unspecified atom stereocenters. The van der Waals surface area contributed by atoms with Crippen molar-refractivity contribution >= 4 is 5.78 Å². The highest BCUT2D eigenvalue weighted by Gasteiger charge is 2.40. The summed E-state index contributed by atoms with van der Waals surface area (Å²) in [5, 5.41) is 0. The van der Waals surface area contributed by atoms with Gasteiger partial charge in [0.2, 0.25) is 0 Å². The molecule has 0 aromatic heterocycles. The number of carbonyl (C=O) groups is 1. The number of rotatable bonds is 2. The lowest BCUT2D eigenvalue weighted by molar-refractivity contribution is -0.122. The van der Waals surface area contributed by atoms with Crippen molar-refractivity contribution in [2.45, 2.75) is 74.1 Å². The Kier molecular flexibility index (Phi) is 9.44. The van der Waals surface area contributed by atoms with Crippen molar-refractivity contribution in [3.63, 3.8) is 0 Å². The van der Waals surface area contributed by atoms with Gasteiger partial charge in [0.05, 0.1) is 0 Å². The molecule has 0 N–H and O–H groups in total. The second kappa shape index (κ2) is 9.61. The minimum Gasteiger partial charge on any atom is -0.305 e. The molecule has 3 atom stereocenters. The molecule has 0 radical (unpaired) electrons. The van der Waals surface area contributed by atoms with Gasteiger partial charge in [0.15, 0.2) is 0 Å². The Labute approximate surface area is 133 Å². The van der Waals surface area contributed by atoms with Crippen molar-refractivity contribution < 1.29 is 4.79 Å². The second-order valence-electron chi connectivity index (χ2n) is 7.54. The number of ketones is 1.